The molecule has 1 atom stereocenters. The van der Waals surface area contributed by atoms with Gasteiger partial charge in [0.15, 0.2) is 0 Å². The molecule has 0 aliphatic carbocycles. The topological polar surface area (TPSA) is 69.7 Å². The molecule has 0 radical (unpaired) electrons. The van der Waals surface area contributed by atoms with Crippen molar-refractivity contribution in [1.29, 1.82) is 0 Å². The molecule has 3 aliphatic rings. The maximum atomic E-state index is 12.8. The second-order valence-electron chi connectivity index (χ2n) is 8.55. The zero-order chi connectivity index (χ0) is 21.3. The zero-order valence-electron chi connectivity index (χ0n) is 17.2. The lowest BCUT2D eigenvalue weighted by Gasteiger charge is -2.32. The number of likely N-dealkylation sites (tertiary alicyclic amines) is 1. The first kappa shape index (κ1) is 20.7. The molecule has 2 fully saturated rings. The Morgan fingerprint density at radius 2 is 1.93 bits per heavy atom. The van der Waals surface area contributed by atoms with Crippen LogP contribution in [0.2, 0.25) is 0 Å². The molecule has 0 spiro atoms. The fourth-order valence-electron chi connectivity index (χ4n) is 4.83. The van der Waals surface area contributed by atoms with Gasteiger partial charge in [-0.05, 0) is 74.8 Å². The summed E-state index contributed by atoms with van der Waals surface area (Å²) in [4.78, 5) is 40.4. The van der Waals surface area contributed by atoms with Crippen LogP contribution in [0.3, 0.4) is 0 Å². The van der Waals surface area contributed by atoms with Gasteiger partial charge in [0, 0.05) is 18.5 Å². The summed E-state index contributed by atoms with van der Waals surface area (Å²) in [5, 5.41) is 2.34. The molecule has 1 N–H and O–H groups in total. The number of piperidine rings is 2. The van der Waals surface area contributed by atoms with Crippen LogP contribution in [0.1, 0.15) is 65.9 Å². The van der Waals surface area contributed by atoms with E-state index in [1.807, 2.05) is 12.1 Å². The van der Waals surface area contributed by atoms with Gasteiger partial charge in [-0.1, -0.05) is 18.7 Å². The minimum atomic E-state index is -0.574. The molecule has 30 heavy (non-hydrogen) atoms. The Kier molecular flexibility index (Phi) is 5.99. The van der Waals surface area contributed by atoms with Gasteiger partial charge >= 0.3 is 0 Å². The predicted octanol–water partition coefficient (Wildman–Crippen LogP) is 2.89. The van der Waals surface area contributed by atoms with E-state index in [1.54, 1.807) is 4.90 Å². The summed E-state index contributed by atoms with van der Waals surface area (Å²) < 4.78 is 12.8. The zero-order valence-corrected chi connectivity index (χ0v) is 17.2. The van der Waals surface area contributed by atoms with E-state index in [-0.39, 0.29) is 30.0 Å². The van der Waals surface area contributed by atoms with Crippen LogP contribution in [0.25, 0.3) is 0 Å². The van der Waals surface area contributed by atoms with Crippen molar-refractivity contribution in [3.05, 3.63) is 47.3 Å². The largest absolute Gasteiger partial charge is 0.322 e. The summed E-state index contributed by atoms with van der Waals surface area (Å²) in [7, 11) is 0. The van der Waals surface area contributed by atoms with Gasteiger partial charge in [-0.3, -0.25) is 19.7 Å². The number of allylic oxidation sites excluding steroid dienone is 1. The first-order chi connectivity index (χ1) is 14.4. The van der Waals surface area contributed by atoms with E-state index in [4.69, 9.17) is 0 Å². The number of carbonyl (C=O) groups is 3. The average molecular weight is 413 g/mol. The smallest absolute Gasteiger partial charge is 0.255 e. The van der Waals surface area contributed by atoms with Crippen molar-refractivity contribution in [3.63, 3.8) is 0 Å². The van der Waals surface area contributed by atoms with Crippen LogP contribution in [0.5, 0.6) is 0 Å². The van der Waals surface area contributed by atoms with Crippen molar-refractivity contribution in [2.24, 2.45) is 0 Å². The quantitative estimate of drug-likeness (QED) is 0.728. The number of amides is 3. The lowest BCUT2D eigenvalue weighted by atomic mass is 9.88. The SMILES string of the molecule is C=C(F)CCCN1CCC(c2ccc3c(c2)CN(C2CCC(=O)NC2=O)C3=O)CC1. The van der Waals surface area contributed by atoms with E-state index in [0.29, 0.717) is 30.9 Å². The lowest BCUT2D eigenvalue weighted by molar-refractivity contribution is -0.136. The molecule has 2 saturated heterocycles. The highest BCUT2D eigenvalue weighted by molar-refractivity contribution is 6.05. The number of nitrogens with zero attached hydrogens (tertiary/aromatic N) is 2. The summed E-state index contributed by atoms with van der Waals surface area (Å²) >= 11 is 0. The van der Waals surface area contributed by atoms with Crippen LogP contribution in [0.15, 0.2) is 30.6 Å². The number of hydrogen-bond donors (Lipinski definition) is 1. The van der Waals surface area contributed by atoms with Crippen LogP contribution in [0, 0.1) is 0 Å². The number of hydrogen-bond acceptors (Lipinski definition) is 4. The molecule has 0 aromatic heterocycles. The van der Waals surface area contributed by atoms with Gasteiger partial charge in [-0.2, -0.15) is 0 Å². The van der Waals surface area contributed by atoms with Crippen molar-refractivity contribution in [3.8, 4) is 0 Å². The van der Waals surface area contributed by atoms with E-state index < -0.39 is 6.04 Å². The van der Waals surface area contributed by atoms with Crippen molar-refractivity contribution >= 4 is 17.7 Å². The van der Waals surface area contributed by atoms with Crippen molar-refractivity contribution < 1.29 is 18.8 Å². The average Bonchev–Trinajstić information content (AvgIpc) is 3.04. The number of fused-ring (bicyclic) bond motifs is 1. The second-order valence-corrected chi connectivity index (χ2v) is 8.55. The minimum absolute atomic E-state index is 0.129. The first-order valence-corrected chi connectivity index (χ1v) is 10.8. The Balaban J connectivity index is 1.37. The molecule has 3 amide bonds. The number of nitrogens with one attached hydrogen (secondary N) is 1. The van der Waals surface area contributed by atoms with Gasteiger partial charge in [-0.15, -0.1) is 0 Å². The van der Waals surface area contributed by atoms with Crippen LogP contribution < -0.4 is 5.32 Å². The number of halogens is 1. The fourth-order valence-corrected chi connectivity index (χ4v) is 4.83. The van der Waals surface area contributed by atoms with Crippen molar-refractivity contribution in [2.45, 2.75) is 57.0 Å². The highest BCUT2D eigenvalue weighted by Gasteiger charge is 2.39. The number of carbonyl (C=O) groups excluding carboxylic acids is 3. The van der Waals surface area contributed by atoms with E-state index in [1.165, 1.54) is 5.56 Å². The molecule has 3 aliphatic heterocycles. The third kappa shape index (κ3) is 4.31. The highest BCUT2D eigenvalue weighted by atomic mass is 19.1. The Bertz CT molecular complexity index is 876. The van der Waals surface area contributed by atoms with Crippen LogP contribution in [-0.4, -0.2) is 53.2 Å². The molecule has 4 rings (SSSR count). The summed E-state index contributed by atoms with van der Waals surface area (Å²) in [6, 6.07) is 5.47. The molecule has 6 nitrogen and oxygen atoms in total. The van der Waals surface area contributed by atoms with E-state index in [0.717, 1.165) is 44.5 Å². The number of rotatable bonds is 6. The molecule has 7 heteroatoms. The van der Waals surface area contributed by atoms with Crippen LogP contribution >= 0.6 is 0 Å². The summed E-state index contributed by atoms with van der Waals surface area (Å²) in [5.41, 5.74) is 2.86. The molecular weight excluding hydrogens is 385 g/mol. The van der Waals surface area contributed by atoms with Crippen LogP contribution in [0.4, 0.5) is 4.39 Å². The van der Waals surface area contributed by atoms with Gasteiger partial charge < -0.3 is 9.80 Å². The molecule has 0 saturated carbocycles. The number of benzene rings is 1. The number of imide groups is 1. The van der Waals surface area contributed by atoms with Gasteiger partial charge in [0.25, 0.3) is 5.91 Å². The normalized spacial score (nSPS) is 22.9. The van der Waals surface area contributed by atoms with E-state index in [9.17, 15) is 18.8 Å². The molecule has 1 aromatic carbocycles. The molecular formula is C23H28FN3O3. The standard InChI is InChI=1S/C23H28FN3O3/c1-15(24)3-2-10-26-11-8-16(9-12-26)17-4-5-19-18(13-17)14-27(23(19)30)20-6-7-21(28)25-22(20)29/h4-5,13,16,20H,1-3,6-12,14H2,(H,25,28,29). The van der Waals surface area contributed by atoms with Crippen molar-refractivity contribution in [2.75, 3.05) is 19.6 Å². The molecule has 1 unspecified atom stereocenters. The second kappa shape index (κ2) is 8.68. The van der Waals surface area contributed by atoms with Gasteiger partial charge in [0.05, 0.1) is 5.83 Å². The third-order valence-corrected chi connectivity index (χ3v) is 6.53. The Morgan fingerprint density at radius 1 is 1.17 bits per heavy atom. The fraction of sp³-hybridized carbons (Fsp3) is 0.522. The monoisotopic (exact) mass is 413 g/mol. The third-order valence-electron chi connectivity index (χ3n) is 6.53. The van der Waals surface area contributed by atoms with Crippen molar-refractivity contribution in [1.82, 2.24) is 15.1 Å². The summed E-state index contributed by atoms with van der Waals surface area (Å²) in [5.74, 6) is -0.582. The maximum absolute atomic E-state index is 12.8. The molecule has 3 heterocycles. The lowest BCUT2D eigenvalue weighted by Crippen LogP contribution is -2.52. The van der Waals surface area contributed by atoms with Crippen LogP contribution in [-0.2, 0) is 16.1 Å². The van der Waals surface area contributed by atoms with Gasteiger partial charge in [0.2, 0.25) is 11.8 Å². The predicted molar refractivity (Wildman–Crippen MR) is 110 cm³/mol. The molecule has 1 aromatic rings. The Hall–Kier alpha value is -2.54. The maximum Gasteiger partial charge on any atom is 0.255 e. The molecule has 0 bridgehead atoms. The van der Waals surface area contributed by atoms with E-state index in [2.05, 4.69) is 22.9 Å². The van der Waals surface area contributed by atoms with Gasteiger partial charge in [0.1, 0.15) is 6.04 Å². The minimum Gasteiger partial charge on any atom is -0.322 e. The summed E-state index contributed by atoms with van der Waals surface area (Å²) in [6.45, 7) is 6.61. The Morgan fingerprint density at radius 3 is 2.63 bits per heavy atom. The first-order valence-electron chi connectivity index (χ1n) is 10.8. The summed E-state index contributed by atoms with van der Waals surface area (Å²) in [6.07, 6.45) is 3.96. The van der Waals surface area contributed by atoms with Gasteiger partial charge in [-0.25, -0.2) is 4.39 Å². The Labute approximate surface area is 176 Å². The van der Waals surface area contributed by atoms with E-state index >= 15 is 0 Å². The highest BCUT2D eigenvalue weighted by Crippen LogP contribution is 2.33. The molecule has 160 valence electrons.